The summed E-state index contributed by atoms with van der Waals surface area (Å²) in [5.41, 5.74) is 1.66. The first-order chi connectivity index (χ1) is 9.05. The van der Waals surface area contributed by atoms with Crippen molar-refractivity contribution < 1.29 is 8.42 Å². The molecule has 0 radical (unpaired) electrons. The second-order valence-electron chi connectivity index (χ2n) is 4.15. The predicted molar refractivity (Wildman–Crippen MR) is 82.2 cm³/mol. The molecule has 0 saturated heterocycles. The van der Waals surface area contributed by atoms with Crippen LogP contribution in [0.3, 0.4) is 0 Å². The maximum Gasteiger partial charge on any atom is 0.175 e. The van der Waals surface area contributed by atoms with Gasteiger partial charge in [0, 0.05) is 9.88 Å². The van der Waals surface area contributed by atoms with Crippen LogP contribution in [0.2, 0.25) is 0 Å². The average Bonchev–Trinajstić information content (AvgIpc) is 2.39. The van der Waals surface area contributed by atoms with E-state index in [0.717, 1.165) is 15.6 Å². The van der Waals surface area contributed by atoms with Gasteiger partial charge in [0.05, 0.1) is 5.75 Å². The van der Waals surface area contributed by atoms with Gasteiger partial charge in [0.15, 0.2) is 9.84 Å². The fraction of sp³-hybridized carbons (Fsp3) is 0.0667. The van der Waals surface area contributed by atoms with Gasteiger partial charge in [0.2, 0.25) is 0 Å². The molecule has 0 aromatic heterocycles. The molecule has 98 valence electrons. The first kappa shape index (κ1) is 14.0. The zero-order valence-corrected chi connectivity index (χ0v) is 12.6. The number of hydrogen-bond acceptors (Lipinski definition) is 2. The SMILES string of the molecule is O=S(=O)(/C=C\c1ccc(Br)cc1)Cc1ccccc1. The summed E-state index contributed by atoms with van der Waals surface area (Å²) in [4.78, 5) is 0. The number of benzene rings is 2. The molecule has 0 unspecified atom stereocenters. The van der Waals surface area contributed by atoms with Gasteiger partial charge in [-0.05, 0) is 29.3 Å². The van der Waals surface area contributed by atoms with Crippen LogP contribution in [0.4, 0.5) is 0 Å². The zero-order valence-electron chi connectivity index (χ0n) is 10.2. The van der Waals surface area contributed by atoms with E-state index in [9.17, 15) is 8.42 Å². The van der Waals surface area contributed by atoms with Gasteiger partial charge in [0.25, 0.3) is 0 Å². The van der Waals surface area contributed by atoms with E-state index in [-0.39, 0.29) is 5.75 Å². The van der Waals surface area contributed by atoms with Crippen LogP contribution < -0.4 is 0 Å². The minimum atomic E-state index is -3.24. The van der Waals surface area contributed by atoms with Crippen molar-refractivity contribution in [2.24, 2.45) is 0 Å². The summed E-state index contributed by atoms with van der Waals surface area (Å²) in [6, 6.07) is 16.6. The topological polar surface area (TPSA) is 34.1 Å². The van der Waals surface area contributed by atoms with Gasteiger partial charge >= 0.3 is 0 Å². The van der Waals surface area contributed by atoms with E-state index in [1.54, 1.807) is 6.08 Å². The van der Waals surface area contributed by atoms with Gasteiger partial charge in [-0.3, -0.25) is 0 Å². The Morgan fingerprint density at radius 3 is 2.21 bits per heavy atom. The van der Waals surface area contributed by atoms with Gasteiger partial charge in [0.1, 0.15) is 0 Å². The second kappa shape index (κ2) is 6.17. The molecular weight excluding hydrogens is 324 g/mol. The van der Waals surface area contributed by atoms with Crippen LogP contribution in [-0.2, 0) is 15.6 Å². The molecular formula is C15H13BrO2S. The molecule has 0 aliphatic carbocycles. The highest BCUT2D eigenvalue weighted by Crippen LogP contribution is 2.13. The summed E-state index contributed by atoms with van der Waals surface area (Å²) in [7, 11) is -3.24. The number of rotatable bonds is 4. The lowest BCUT2D eigenvalue weighted by molar-refractivity contribution is 0.604. The standard InChI is InChI=1S/C15H13BrO2S/c16-15-8-6-13(7-9-15)10-11-19(17,18)12-14-4-2-1-3-5-14/h1-11H,12H2/b11-10-. The summed E-state index contributed by atoms with van der Waals surface area (Å²) >= 11 is 3.34. The fourth-order valence-corrected chi connectivity index (χ4v) is 2.99. The van der Waals surface area contributed by atoms with E-state index in [2.05, 4.69) is 15.9 Å². The Hall–Kier alpha value is -1.39. The van der Waals surface area contributed by atoms with Crippen LogP contribution in [0.1, 0.15) is 11.1 Å². The third-order valence-corrected chi connectivity index (χ3v) is 4.36. The van der Waals surface area contributed by atoms with Crippen molar-refractivity contribution in [3.8, 4) is 0 Å². The largest absolute Gasteiger partial charge is 0.224 e. The highest BCUT2D eigenvalue weighted by Gasteiger charge is 2.06. The van der Waals surface area contributed by atoms with Crippen molar-refractivity contribution >= 4 is 31.8 Å². The highest BCUT2D eigenvalue weighted by molar-refractivity contribution is 9.10. The van der Waals surface area contributed by atoms with Crippen molar-refractivity contribution in [2.45, 2.75) is 5.75 Å². The Morgan fingerprint density at radius 2 is 1.58 bits per heavy atom. The number of halogens is 1. The number of hydrogen-bond donors (Lipinski definition) is 0. The number of sulfone groups is 1. The van der Waals surface area contributed by atoms with E-state index in [1.165, 1.54) is 5.41 Å². The molecule has 19 heavy (non-hydrogen) atoms. The third kappa shape index (κ3) is 4.65. The maximum absolute atomic E-state index is 11.9. The van der Waals surface area contributed by atoms with Crippen molar-refractivity contribution in [1.82, 2.24) is 0 Å². The van der Waals surface area contributed by atoms with Crippen LogP contribution in [-0.4, -0.2) is 8.42 Å². The first-order valence-corrected chi connectivity index (χ1v) is 8.26. The molecule has 2 aromatic carbocycles. The normalized spacial score (nSPS) is 11.8. The molecule has 0 bridgehead atoms. The first-order valence-electron chi connectivity index (χ1n) is 5.75. The van der Waals surface area contributed by atoms with Gasteiger partial charge in [-0.15, -0.1) is 0 Å². The summed E-state index contributed by atoms with van der Waals surface area (Å²) < 4.78 is 24.9. The molecule has 0 saturated carbocycles. The predicted octanol–water partition coefficient (Wildman–Crippen LogP) is 4.03. The Balaban J connectivity index is 2.11. The van der Waals surface area contributed by atoms with Gasteiger partial charge < -0.3 is 0 Å². The van der Waals surface area contributed by atoms with Crippen molar-refractivity contribution in [3.05, 3.63) is 75.6 Å². The summed E-state index contributed by atoms with van der Waals surface area (Å²) in [6.45, 7) is 0. The molecule has 4 heteroatoms. The van der Waals surface area contributed by atoms with Crippen LogP contribution in [0, 0.1) is 0 Å². The molecule has 0 spiro atoms. The molecule has 2 aromatic rings. The molecule has 0 atom stereocenters. The van der Waals surface area contributed by atoms with E-state index < -0.39 is 9.84 Å². The Kier molecular flexibility index (Phi) is 4.56. The van der Waals surface area contributed by atoms with E-state index in [1.807, 2.05) is 54.6 Å². The molecule has 0 heterocycles. The summed E-state index contributed by atoms with van der Waals surface area (Å²) in [5.74, 6) is 0.0286. The summed E-state index contributed by atoms with van der Waals surface area (Å²) in [6.07, 6.45) is 1.62. The zero-order chi connectivity index (χ0) is 13.7. The van der Waals surface area contributed by atoms with Crippen LogP contribution in [0.5, 0.6) is 0 Å². The van der Waals surface area contributed by atoms with E-state index in [4.69, 9.17) is 0 Å². The lowest BCUT2D eigenvalue weighted by atomic mass is 10.2. The van der Waals surface area contributed by atoms with Gasteiger partial charge in [-0.2, -0.15) is 0 Å². The lowest BCUT2D eigenvalue weighted by Gasteiger charge is -1.99. The monoisotopic (exact) mass is 336 g/mol. The minimum absolute atomic E-state index is 0.0286. The third-order valence-electron chi connectivity index (χ3n) is 2.55. The van der Waals surface area contributed by atoms with E-state index >= 15 is 0 Å². The maximum atomic E-state index is 11.9. The molecule has 0 aliphatic rings. The lowest BCUT2D eigenvalue weighted by Crippen LogP contribution is -1.99. The van der Waals surface area contributed by atoms with Crippen LogP contribution >= 0.6 is 15.9 Å². The van der Waals surface area contributed by atoms with Gasteiger partial charge in [-0.25, -0.2) is 8.42 Å². The molecule has 0 N–H and O–H groups in total. The highest BCUT2D eigenvalue weighted by atomic mass is 79.9. The summed E-state index contributed by atoms with van der Waals surface area (Å²) in [5, 5.41) is 1.27. The van der Waals surface area contributed by atoms with Gasteiger partial charge in [-0.1, -0.05) is 58.4 Å². The molecule has 0 amide bonds. The average molecular weight is 337 g/mol. The molecule has 0 aliphatic heterocycles. The molecule has 2 nitrogen and oxygen atoms in total. The van der Waals surface area contributed by atoms with Crippen molar-refractivity contribution in [2.75, 3.05) is 0 Å². The molecule has 0 fully saturated rings. The molecule has 2 rings (SSSR count). The van der Waals surface area contributed by atoms with Crippen LogP contribution in [0.25, 0.3) is 6.08 Å². The van der Waals surface area contributed by atoms with Crippen molar-refractivity contribution in [1.29, 1.82) is 0 Å². The van der Waals surface area contributed by atoms with E-state index in [0.29, 0.717) is 0 Å². The Labute approximate surface area is 121 Å². The fourth-order valence-electron chi connectivity index (χ4n) is 1.61. The minimum Gasteiger partial charge on any atom is -0.224 e. The smallest absolute Gasteiger partial charge is 0.175 e. The van der Waals surface area contributed by atoms with Crippen LogP contribution in [0.15, 0.2) is 64.5 Å². The second-order valence-corrected chi connectivity index (χ2v) is 6.95. The Morgan fingerprint density at radius 1 is 0.947 bits per heavy atom. The van der Waals surface area contributed by atoms with Crippen molar-refractivity contribution in [3.63, 3.8) is 0 Å². The quantitative estimate of drug-likeness (QED) is 0.844. The Bertz CT molecular complexity index is 659.